The topological polar surface area (TPSA) is 114 Å². The summed E-state index contributed by atoms with van der Waals surface area (Å²) in [5.41, 5.74) is -0.177. The van der Waals surface area contributed by atoms with Crippen LogP contribution in [0.2, 0.25) is 0 Å². The molecule has 6 unspecified atom stereocenters. The van der Waals surface area contributed by atoms with Gasteiger partial charge in [-0.15, -0.1) is 11.8 Å². The number of alkyl halides is 3. The number of carbonyl (C=O) groups is 3. The molecule has 3 N–H and O–H groups in total. The largest absolute Gasteiger partial charge is 0.405 e. The average molecular weight is 552 g/mol. The molecule has 3 fully saturated rings. The van der Waals surface area contributed by atoms with E-state index in [1.807, 2.05) is 49.5 Å². The number of thioether (sulfide) groups is 1. The van der Waals surface area contributed by atoms with Gasteiger partial charge in [0.15, 0.2) is 5.41 Å². The molecule has 0 aromatic heterocycles. The van der Waals surface area contributed by atoms with Crippen LogP contribution in [0.1, 0.15) is 40.0 Å². The van der Waals surface area contributed by atoms with Crippen LogP contribution < -0.4 is 16.0 Å². The van der Waals surface area contributed by atoms with E-state index in [4.69, 9.17) is 0 Å². The molecule has 0 radical (unpaired) electrons. The number of nitriles is 1. The molecular weight excluding hydrogens is 519 g/mol. The van der Waals surface area contributed by atoms with Gasteiger partial charge in [0, 0.05) is 35.1 Å². The van der Waals surface area contributed by atoms with E-state index in [0.717, 1.165) is 12.1 Å². The van der Waals surface area contributed by atoms with Crippen LogP contribution >= 0.6 is 11.8 Å². The van der Waals surface area contributed by atoms with Gasteiger partial charge >= 0.3 is 6.18 Å². The lowest BCUT2D eigenvalue weighted by Crippen LogP contribution is -2.48. The van der Waals surface area contributed by atoms with E-state index in [2.05, 4.69) is 10.6 Å². The van der Waals surface area contributed by atoms with Crippen molar-refractivity contribution in [3.05, 3.63) is 24.3 Å². The maximum absolute atomic E-state index is 13.6. The first-order chi connectivity index (χ1) is 17.9. The third-order valence-electron chi connectivity index (χ3n) is 7.51. The summed E-state index contributed by atoms with van der Waals surface area (Å²) in [7, 11) is 0. The van der Waals surface area contributed by atoms with Gasteiger partial charge in [-0.2, -0.15) is 18.4 Å². The number of benzene rings is 1. The standard InChI is InChI=1S/C26H32F3N5O3S/c1-4-34-20-21(25(20,12-30)24(37)31-13-26(27,28)29)38-19-9-8-17(11-18(19)23(34)36)32-15-6-5-7-16(10-15)33-22(35)14(2)3/h5-7,10,14,17-21,32H,4,8-9,11,13H2,1-3H3,(H,31,37)(H,33,35). The molecule has 0 spiro atoms. The minimum absolute atomic E-state index is 0.000733. The lowest BCUT2D eigenvalue weighted by molar-refractivity contribution is -0.142. The van der Waals surface area contributed by atoms with Gasteiger partial charge in [-0.3, -0.25) is 14.4 Å². The van der Waals surface area contributed by atoms with Crippen LogP contribution in [0, 0.1) is 28.6 Å². The van der Waals surface area contributed by atoms with Crippen molar-refractivity contribution in [2.45, 2.75) is 68.8 Å². The van der Waals surface area contributed by atoms with Crippen molar-refractivity contribution in [3.8, 4) is 6.07 Å². The number of amides is 3. The quantitative estimate of drug-likeness (QED) is 0.476. The zero-order valence-corrected chi connectivity index (χ0v) is 22.3. The molecule has 8 nitrogen and oxygen atoms in total. The molecule has 1 aromatic carbocycles. The first-order valence-electron chi connectivity index (χ1n) is 12.8. The van der Waals surface area contributed by atoms with Crippen LogP contribution in [-0.2, 0) is 14.4 Å². The second-order valence-corrected chi connectivity index (χ2v) is 11.8. The van der Waals surface area contributed by atoms with Crippen LogP contribution in [0.5, 0.6) is 0 Å². The summed E-state index contributed by atoms with van der Waals surface area (Å²) >= 11 is 1.40. The Morgan fingerprint density at radius 2 is 1.97 bits per heavy atom. The summed E-state index contributed by atoms with van der Waals surface area (Å²) in [6.45, 7) is 4.13. The van der Waals surface area contributed by atoms with Gasteiger partial charge in [0.05, 0.1) is 23.3 Å². The summed E-state index contributed by atoms with van der Waals surface area (Å²) in [6, 6.07) is 8.62. The van der Waals surface area contributed by atoms with Crippen LogP contribution in [0.25, 0.3) is 0 Å². The van der Waals surface area contributed by atoms with Gasteiger partial charge in [0.1, 0.15) is 6.54 Å². The Morgan fingerprint density at radius 3 is 2.61 bits per heavy atom. The number of hydrogen-bond donors (Lipinski definition) is 3. The van der Waals surface area contributed by atoms with Gasteiger partial charge in [-0.1, -0.05) is 19.9 Å². The fraction of sp³-hybridized carbons (Fsp3) is 0.615. The maximum Gasteiger partial charge on any atom is 0.405 e. The van der Waals surface area contributed by atoms with Crippen LogP contribution in [0.4, 0.5) is 24.5 Å². The number of fused-ring (bicyclic) bond motifs is 2. The minimum Gasteiger partial charge on any atom is -0.382 e. The van der Waals surface area contributed by atoms with E-state index in [9.17, 15) is 32.8 Å². The first kappa shape index (κ1) is 28.1. The SMILES string of the molecule is CCN1C(=O)C2CC(Nc3cccc(NC(=O)C(C)C)c3)CCC2SC2C1C2(C#N)C(=O)NCC(F)(F)F. The smallest absolute Gasteiger partial charge is 0.382 e. The summed E-state index contributed by atoms with van der Waals surface area (Å²) in [6.07, 6.45) is -2.64. The molecule has 2 aliphatic carbocycles. The Morgan fingerprint density at radius 1 is 1.26 bits per heavy atom. The number of anilines is 2. The monoisotopic (exact) mass is 551 g/mol. The Kier molecular flexibility index (Phi) is 7.89. The van der Waals surface area contributed by atoms with Gasteiger partial charge in [0.25, 0.3) is 0 Å². The third-order valence-corrected chi connectivity index (χ3v) is 9.35. The molecule has 6 atom stereocenters. The van der Waals surface area contributed by atoms with E-state index in [1.54, 1.807) is 6.92 Å². The van der Waals surface area contributed by atoms with Crippen LogP contribution in [0.15, 0.2) is 24.3 Å². The third kappa shape index (κ3) is 5.44. The molecule has 3 aliphatic rings. The highest BCUT2D eigenvalue weighted by molar-refractivity contribution is 8.01. The van der Waals surface area contributed by atoms with Gasteiger partial charge < -0.3 is 20.9 Å². The molecular formula is C26H32F3N5O3S. The normalized spacial score (nSPS) is 30.4. The molecule has 2 saturated carbocycles. The fourth-order valence-corrected chi connectivity index (χ4v) is 7.51. The van der Waals surface area contributed by atoms with Gasteiger partial charge in [-0.25, -0.2) is 0 Å². The number of hydrogen-bond acceptors (Lipinski definition) is 6. The molecule has 1 saturated heterocycles. The van der Waals surface area contributed by atoms with Crippen molar-refractivity contribution in [2.75, 3.05) is 23.7 Å². The predicted molar refractivity (Wildman–Crippen MR) is 138 cm³/mol. The van der Waals surface area contributed by atoms with Crippen molar-refractivity contribution < 1.29 is 27.6 Å². The number of nitrogens with one attached hydrogen (secondary N) is 3. The molecule has 0 bridgehead atoms. The summed E-state index contributed by atoms with van der Waals surface area (Å²) in [5, 5.41) is 17.4. The van der Waals surface area contributed by atoms with E-state index >= 15 is 0 Å². The molecule has 1 aromatic rings. The van der Waals surface area contributed by atoms with Gasteiger partial charge in [0.2, 0.25) is 17.7 Å². The number of rotatable bonds is 7. The summed E-state index contributed by atoms with van der Waals surface area (Å²) in [4.78, 5) is 40.0. The van der Waals surface area contributed by atoms with Crippen LogP contribution in [0.3, 0.4) is 0 Å². The molecule has 1 aliphatic heterocycles. The highest BCUT2D eigenvalue weighted by atomic mass is 32.2. The second kappa shape index (κ2) is 10.7. The molecule has 206 valence electrons. The number of nitrogens with zero attached hydrogens (tertiary/aromatic N) is 2. The van der Waals surface area contributed by atoms with Crippen molar-refractivity contribution in [2.24, 2.45) is 17.3 Å². The Bertz CT molecular complexity index is 1140. The van der Waals surface area contributed by atoms with E-state index in [0.29, 0.717) is 18.5 Å². The molecule has 1 heterocycles. The van der Waals surface area contributed by atoms with Crippen molar-refractivity contribution in [1.82, 2.24) is 10.2 Å². The zero-order valence-electron chi connectivity index (χ0n) is 21.5. The highest BCUT2D eigenvalue weighted by Crippen LogP contribution is 2.61. The lowest BCUT2D eigenvalue weighted by atomic mass is 9.84. The average Bonchev–Trinajstić information content (AvgIpc) is 3.52. The number of carbonyl (C=O) groups excluding carboxylic acids is 3. The predicted octanol–water partition coefficient (Wildman–Crippen LogP) is 3.76. The highest BCUT2D eigenvalue weighted by Gasteiger charge is 2.76. The van der Waals surface area contributed by atoms with Crippen LogP contribution in [-0.4, -0.2) is 64.5 Å². The molecule has 38 heavy (non-hydrogen) atoms. The molecule has 3 amide bonds. The maximum atomic E-state index is 13.6. The summed E-state index contributed by atoms with van der Waals surface area (Å²) < 4.78 is 38.1. The zero-order chi connectivity index (χ0) is 27.8. The van der Waals surface area contributed by atoms with E-state index < -0.39 is 35.3 Å². The minimum atomic E-state index is -4.59. The molecule has 4 rings (SSSR count). The Balaban J connectivity index is 1.46. The number of halogens is 3. The lowest BCUT2D eigenvalue weighted by Gasteiger charge is -2.37. The second-order valence-electron chi connectivity index (χ2n) is 10.4. The fourth-order valence-electron chi connectivity index (χ4n) is 5.50. The summed E-state index contributed by atoms with van der Waals surface area (Å²) in [5.74, 6) is -1.70. The Hall–Kier alpha value is -2.94. The van der Waals surface area contributed by atoms with Crippen molar-refractivity contribution in [3.63, 3.8) is 0 Å². The Labute approximate surface area is 224 Å². The van der Waals surface area contributed by atoms with E-state index in [-0.39, 0.29) is 41.5 Å². The van der Waals surface area contributed by atoms with Gasteiger partial charge in [-0.05, 0) is 44.4 Å². The first-order valence-corrected chi connectivity index (χ1v) is 13.7. The van der Waals surface area contributed by atoms with Crippen molar-refractivity contribution in [1.29, 1.82) is 5.26 Å². The van der Waals surface area contributed by atoms with Crippen molar-refractivity contribution >= 4 is 40.9 Å². The molecule has 12 heteroatoms. The van der Waals surface area contributed by atoms with E-state index in [1.165, 1.54) is 16.7 Å².